The molecular weight excluding hydrogens is 384 g/mol. The molecule has 31 heavy (non-hydrogen) atoms. The van der Waals surface area contributed by atoms with Crippen LogP contribution in [-0.2, 0) is 0 Å². The zero-order valence-electron chi connectivity index (χ0n) is 20.2. The summed E-state index contributed by atoms with van der Waals surface area (Å²) in [4.78, 5) is 0. The molecule has 2 fully saturated rings. The second-order valence-electron chi connectivity index (χ2n) is 10.7. The second kappa shape index (κ2) is 9.37. The van der Waals surface area contributed by atoms with E-state index in [4.69, 9.17) is 0 Å². The summed E-state index contributed by atoms with van der Waals surface area (Å²) in [6.07, 6.45) is 15.2. The fraction of sp³-hybridized carbons (Fsp3) is 0.714. The van der Waals surface area contributed by atoms with Crippen LogP contribution in [0, 0.1) is 11.3 Å². The Bertz CT molecular complexity index is 769. The Kier molecular flexibility index (Phi) is 7.40. The van der Waals surface area contributed by atoms with Crippen molar-refractivity contribution in [2.45, 2.75) is 116 Å². The molecule has 0 amide bonds. The molecule has 3 heteroatoms. The Balaban J connectivity index is 1.78. The molecule has 4 atom stereocenters. The van der Waals surface area contributed by atoms with Gasteiger partial charge in [0.25, 0.3) is 0 Å². The fourth-order valence-electron chi connectivity index (χ4n) is 6.32. The Labute approximate surface area is 189 Å². The lowest BCUT2D eigenvalue weighted by Gasteiger charge is -2.41. The van der Waals surface area contributed by atoms with Crippen LogP contribution >= 0.6 is 0 Å². The first-order chi connectivity index (χ1) is 14.6. The van der Waals surface area contributed by atoms with Crippen LogP contribution in [-0.4, -0.2) is 32.6 Å². The molecule has 0 spiro atoms. The molecule has 3 rings (SSSR count). The van der Waals surface area contributed by atoms with Crippen LogP contribution in [0.1, 0.15) is 98.3 Å². The molecule has 0 aliphatic heterocycles. The third kappa shape index (κ3) is 4.94. The number of rotatable bonds is 7. The molecule has 174 valence electrons. The van der Waals surface area contributed by atoms with Crippen LogP contribution in [0.5, 0.6) is 0 Å². The van der Waals surface area contributed by atoms with Crippen molar-refractivity contribution in [1.29, 1.82) is 0 Å². The monoisotopic (exact) mass is 428 g/mol. The molecule has 3 aliphatic rings. The van der Waals surface area contributed by atoms with E-state index in [0.717, 1.165) is 30.4 Å². The van der Waals surface area contributed by atoms with E-state index in [1.807, 2.05) is 13.8 Å². The topological polar surface area (TPSA) is 60.7 Å². The van der Waals surface area contributed by atoms with E-state index < -0.39 is 17.3 Å². The van der Waals surface area contributed by atoms with Gasteiger partial charge in [0.2, 0.25) is 0 Å². The van der Waals surface area contributed by atoms with Crippen molar-refractivity contribution in [3.05, 3.63) is 47.1 Å². The van der Waals surface area contributed by atoms with Gasteiger partial charge in [0.15, 0.2) is 0 Å². The van der Waals surface area contributed by atoms with Gasteiger partial charge in [0, 0.05) is 12.8 Å². The van der Waals surface area contributed by atoms with Crippen LogP contribution in [0.4, 0.5) is 0 Å². The molecule has 3 N–H and O–H groups in total. The van der Waals surface area contributed by atoms with Crippen molar-refractivity contribution in [3.63, 3.8) is 0 Å². The first kappa shape index (κ1) is 24.5. The first-order valence-corrected chi connectivity index (χ1v) is 12.5. The number of hydrogen-bond donors (Lipinski definition) is 3. The molecule has 0 aromatic heterocycles. The van der Waals surface area contributed by atoms with Crippen molar-refractivity contribution in [1.82, 2.24) is 0 Å². The largest absolute Gasteiger partial charge is 0.390 e. The Morgan fingerprint density at radius 1 is 1.23 bits per heavy atom. The lowest BCUT2D eigenvalue weighted by Crippen LogP contribution is -2.41. The lowest BCUT2D eigenvalue weighted by molar-refractivity contribution is -0.0493. The number of allylic oxidation sites excluding steroid dienone is 5. The zero-order valence-corrected chi connectivity index (χ0v) is 20.2. The highest BCUT2D eigenvalue weighted by Crippen LogP contribution is 2.55. The lowest BCUT2D eigenvalue weighted by atomic mass is 9.64. The summed E-state index contributed by atoms with van der Waals surface area (Å²) in [5.74, 6) is 0.581. The average Bonchev–Trinajstić information content (AvgIpc) is 3.10. The molecule has 0 radical (unpaired) electrons. The van der Waals surface area contributed by atoms with Gasteiger partial charge in [-0.05, 0) is 80.3 Å². The van der Waals surface area contributed by atoms with Gasteiger partial charge in [-0.15, -0.1) is 0 Å². The molecule has 0 aromatic rings. The van der Waals surface area contributed by atoms with Crippen molar-refractivity contribution < 1.29 is 15.3 Å². The smallest absolute Gasteiger partial charge is 0.0814 e. The van der Waals surface area contributed by atoms with Gasteiger partial charge < -0.3 is 15.3 Å². The minimum atomic E-state index is -0.991. The molecule has 0 unspecified atom stereocenters. The summed E-state index contributed by atoms with van der Waals surface area (Å²) in [5, 5.41) is 32.6. The maximum atomic E-state index is 11.3. The molecule has 2 saturated carbocycles. The third-order valence-electron chi connectivity index (χ3n) is 8.87. The predicted octanol–water partition coefficient (Wildman–Crippen LogP) is 6.16. The third-order valence-corrected chi connectivity index (χ3v) is 8.87. The Morgan fingerprint density at radius 2 is 1.94 bits per heavy atom. The summed E-state index contributed by atoms with van der Waals surface area (Å²) < 4.78 is 0. The van der Waals surface area contributed by atoms with Gasteiger partial charge in [-0.1, -0.05) is 63.6 Å². The highest BCUT2D eigenvalue weighted by molar-refractivity contribution is 5.41. The van der Waals surface area contributed by atoms with Crippen LogP contribution in [0.3, 0.4) is 0 Å². The van der Waals surface area contributed by atoms with Gasteiger partial charge in [-0.3, -0.25) is 0 Å². The van der Waals surface area contributed by atoms with E-state index in [2.05, 4.69) is 38.7 Å². The summed E-state index contributed by atoms with van der Waals surface area (Å²) in [6, 6.07) is 0. The van der Waals surface area contributed by atoms with Crippen LogP contribution in [0.25, 0.3) is 0 Å². The van der Waals surface area contributed by atoms with E-state index in [-0.39, 0.29) is 0 Å². The minimum Gasteiger partial charge on any atom is -0.390 e. The Morgan fingerprint density at radius 3 is 2.58 bits per heavy atom. The minimum absolute atomic E-state index is 0.298. The van der Waals surface area contributed by atoms with Crippen LogP contribution in [0.15, 0.2) is 47.1 Å². The SMILES string of the molecule is C=C1C(=CC=C2CCC[C@]3(C)C(CC)=CC[C@@H]23)C[C@](O)(CCC(O)(CC)CC)C[C@@H]1O. The average molecular weight is 429 g/mol. The van der Waals surface area contributed by atoms with Crippen molar-refractivity contribution in [2.24, 2.45) is 11.3 Å². The number of aliphatic hydroxyl groups excluding tert-OH is 1. The van der Waals surface area contributed by atoms with E-state index in [1.165, 1.54) is 18.4 Å². The number of fused-ring (bicyclic) bond motifs is 1. The fourth-order valence-corrected chi connectivity index (χ4v) is 6.32. The first-order valence-electron chi connectivity index (χ1n) is 12.5. The summed E-state index contributed by atoms with van der Waals surface area (Å²) in [6.45, 7) is 12.8. The summed E-state index contributed by atoms with van der Waals surface area (Å²) in [5.41, 5.74) is 3.38. The van der Waals surface area contributed by atoms with Gasteiger partial charge in [0.1, 0.15) is 0 Å². The maximum absolute atomic E-state index is 11.3. The van der Waals surface area contributed by atoms with E-state index in [9.17, 15) is 15.3 Å². The van der Waals surface area contributed by atoms with Crippen LogP contribution < -0.4 is 0 Å². The standard InChI is InChI=1S/C28H44O3/c1-6-23-13-14-24-21(10-9-15-26(23,24)5)11-12-22-18-28(31,19-25(29)20(22)4)17-16-27(30,7-2)8-3/h11-13,24-25,29-31H,4,6-10,14-19H2,1-3,5H3/t24-,25-,26+,28+/m0/s1. The molecule has 0 bridgehead atoms. The molecule has 0 saturated heterocycles. The van der Waals surface area contributed by atoms with Gasteiger partial charge in [-0.25, -0.2) is 0 Å². The summed E-state index contributed by atoms with van der Waals surface area (Å²) >= 11 is 0. The van der Waals surface area contributed by atoms with Gasteiger partial charge in [-0.2, -0.15) is 0 Å². The van der Waals surface area contributed by atoms with Gasteiger partial charge in [0.05, 0.1) is 17.3 Å². The quantitative estimate of drug-likeness (QED) is 0.426. The second-order valence-corrected chi connectivity index (χ2v) is 10.7. The van der Waals surface area contributed by atoms with Crippen LogP contribution in [0.2, 0.25) is 0 Å². The highest BCUT2D eigenvalue weighted by Gasteiger charge is 2.44. The molecular formula is C28H44O3. The van der Waals surface area contributed by atoms with Gasteiger partial charge >= 0.3 is 0 Å². The van der Waals surface area contributed by atoms with E-state index in [1.54, 1.807) is 5.57 Å². The zero-order chi connectivity index (χ0) is 22.9. The highest BCUT2D eigenvalue weighted by atomic mass is 16.3. The maximum Gasteiger partial charge on any atom is 0.0814 e. The molecule has 3 aliphatic carbocycles. The Hall–Kier alpha value is -1.16. The van der Waals surface area contributed by atoms with Crippen molar-refractivity contribution in [3.8, 4) is 0 Å². The predicted molar refractivity (Wildman–Crippen MR) is 129 cm³/mol. The molecule has 0 heterocycles. The normalized spacial score (nSPS) is 36.7. The van der Waals surface area contributed by atoms with E-state index >= 15 is 0 Å². The summed E-state index contributed by atoms with van der Waals surface area (Å²) in [7, 11) is 0. The molecule has 3 nitrogen and oxygen atoms in total. The van der Waals surface area contributed by atoms with Crippen molar-refractivity contribution >= 4 is 0 Å². The molecule has 0 aromatic carbocycles. The van der Waals surface area contributed by atoms with E-state index in [0.29, 0.717) is 49.9 Å². The number of aliphatic hydroxyl groups is 3. The van der Waals surface area contributed by atoms with Crippen molar-refractivity contribution in [2.75, 3.05) is 0 Å². The number of hydrogen-bond acceptors (Lipinski definition) is 3.